The summed E-state index contributed by atoms with van der Waals surface area (Å²) in [6.45, 7) is 0. The molecule has 0 saturated heterocycles. The summed E-state index contributed by atoms with van der Waals surface area (Å²) in [6, 6.07) is 48.0. The number of nitrogens with zero attached hydrogens (tertiary/aromatic N) is 2. The maximum Gasteiger partial charge on any atom is 0.0972 e. The number of rotatable bonds is 4. The van der Waals surface area contributed by atoms with Gasteiger partial charge in [0.15, 0.2) is 0 Å². The summed E-state index contributed by atoms with van der Waals surface area (Å²) >= 11 is 6.25. The lowest BCUT2D eigenvalue weighted by Gasteiger charge is -2.10. The van der Waals surface area contributed by atoms with Crippen LogP contribution in [0.25, 0.3) is 66.6 Å². The molecule has 0 amide bonds. The fraction of sp³-hybridized carbons (Fsp3) is 0. The first-order chi connectivity index (χ1) is 19.2. The first-order valence-electron chi connectivity index (χ1n) is 12.9. The Morgan fingerprint density at radius 1 is 0.359 bits per heavy atom. The highest BCUT2D eigenvalue weighted by Crippen LogP contribution is 2.32. The Morgan fingerprint density at radius 2 is 0.795 bits per heavy atom. The van der Waals surface area contributed by atoms with Gasteiger partial charge in [0.25, 0.3) is 0 Å². The highest BCUT2D eigenvalue weighted by atomic mass is 35.5. The maximum atomic E-state index is 6.25. The zero-order valence-electron chi connectivity index (χ0n) is 21.1. The second-order valence-corrected chi connectivity index (χ2v) is 10.1. The molecule has 3 heteroatoms. The van der Waals surface area contributed by atoms with Gasteiger partial charge in [-0.25, -0.2) is 9.97 Å². The summed E-state index contributed by atoms with van der Waals surface area (Å²) in [5.74, 6) is 0. The van der Waals surface area contributed by atoms with E-state index in [-0.39, 0.29) is 0 Å². The molecule has 7 aromatic rings. The topological polar surface area (TPSA) is 25.8 Å². The van der Waals surface area contributed by atoms with Gasteiger partial charge in [-0.05, 0) is 58.7 Å². The SMILES string of the molecule is Clc1cccc(-c2cccc(-c3ccc4ccc5ccc(-c6cccc(-c7ccccc7)c6)nc5c4n3)c2)c1. The Bertz CT molecular complexity index is 1980. The maximum absolute atomic E-state index is 6.25. The molecule has 0 aliphatic carbocycles. The van der Waals surface area contributed by atoms with Crippen LogP contribution in [-0.4, -0.2) is 9.97 Å². The van der Waals surface area contributed by atoms with E-state index in [1.54, 1.807) is 0 Å². The van der Waals surface area contributed by atoms with E-state index in [9.17, 15) is 0 Å². The molecule has 0 N–H and O–H groups in total. The molecule has 184 valence electrons. The van der Waals surface area contributed by atoms with Crippen LogP contribution in [0.2, 0.25) is 5.02 Å². The number of benzene rings is 5. The van der Waals surface area contributed by atoms with Gasteiger partial charge in [0.2, 0.25) is 0 Å². The van der Waals surface area contributed by atoms with Gasteiger partial charge < -0.3 is 0 Å². The van der Waals surface area contributed by atoms with Crippen LogP contribution in [0.5, 0.6) is 0 Å². The number of fused-ring (bicyclic) bond motifs is 3. The smallest absolute Gasteiger partial charge is 0.0972 e. The summed E-state index contributed by atoms with van der Waals surface area (Å²) in [4.78, 5) is 10.3. The minimum Gasteiger partial charge on any atom is -0.245 e. The van der Waals surface area contributed by atoms with Crippen molar-refractivity contribution < 1.29 is 0 Å². The number of pyridine rings is 2. The van der Waals surface area contributed by atoms with Crippen LogP contribution >= 0.6 is 11.6 Å². The molecule has 2 heterocycles. The van der Waals surface area contributed by atoms with Gasteiger partial charge in [0.05, 0.1) is 22.4 Å². The van der Waals surface area contributed by atoms with E-state index in [4.69, 9.17) is 21.6 Å². The van der Waals surface area contributed by atoms with Gasteiger partial charge in [-0.15, -0.1) is 0 Å². The van der Waals surface area contributed by atoms with Crippen LogP contribution in [0.3, 0.4) is 0 Å². The molecule has 0 radical (unpaired) electrons. The second-order valence-electron chi connectivity index (χ2n) is 9.64. The minimum atomic E-state index is 0.726. The predicted molar refractivity (Wildman–Crippen MR) is 164 cm³/mol. The van der Waals surface area contributed by atoms with E-state index in [0.29, 0.717) is 0 Å². The van der Waals surface area contributed by atoms with Gasteiger partial charge in [-0.2, -0.15) is 0 Å². The van der Waals surface area contributed by atoms with Gasteiger partial charge in [-0.3, -0.25) is 0 Å². The van der Waals surface area contributed by atoms with E-state index in [1.807, 2.05) is 24.3 Å². The molecule has 0 fully saturated rings. The van der Waals surface area contributed by atoms with E-state index < -0.39 is 0 Å². The zero-order chi connectivity index (χ0) is 26.2. The molecule has 0 spiro atoms. The van der Waals surface area contributed by atoms with Gasteiger partial charge in [0, 0.05) is 26.9 Å². The van der Waals surface area contributed by atoms with Crippen molar-refractivity contribution in [1.29, 1.82) is 0 Å². The number of hydrogen-bond donors (Lipinski definition) is 0. The Hall–Kier alpha value is -4.79. The third-order valence-electron chi connectivity index (χ3n) is 7.10. The molecular weight excluding hydrogens is 496 g/mol. The van der Waals surface area contributed by atoms with Gasteiger partial charge >= 0.3 is 0 Å². The van der Waals surface area contributed by atoms with E-state index in [1.165, 1.54) is 11.1 Å². The Kier molecular flexibility index (Phi) is 5.88. The number of aromatic nitrogens is 2. The molecule has 0 saturated carbocycles. The van der Waals surface area contributed by atoms with Crippen molar-refractivity contribution in [1.82, 2.24) is 9.97 Å². The molecule has 0 aliphatic rings. The molecule has 0 aliphatic heterocycles. The largest absolute Gasteiger partial charge is 0.245 e. The van der Waals surface area contributed by atoms with E-state index in [0.717, 1.165) is 60.5 Å². The van der Waals surface area contributed by atoms with Crippen molar-refractivity contribution in [2.24, 2.45) is 0 Å². The van der Waals surface area contributed by atoms with Crippen molar-refractivity contribution in [3.63, 3.8) is 0 Å². The van der Waals surface area contributed by atoms with Gasteiger partial charge in [-0.1, -0.05) is 115 Å². The molecule has 0 bridgehead atoms. The van der Waals surface area contributed by atoms with E-state index in [2.05, 4.69) is 115 Å². The van der Waals surface area contributed by atoms with Gasteiger partial charge in [0.1, 0.15) is 0 Å². The minimum absolute atomic E-state index is 0.726. The summed E-state index contributed by atoms with van der Waals surface area (Å²) in [6.07, 6.45) is 0. The van der Waals surface area contributed by atoms with E-state index >= 15 is 0 Å². The predicted octanol–water partition coefficient (Wildman–Crippen LogP) is 10.1. The van der Waals surface area contributed by atoms with Crippen LogP contribution in [0.1, 0.15) is 0 Å². The molecular formula is C36H23ClN2. The monoisotopic (exact) mass is 518 g/mol. The average Bonchev–Trinajstić information content (AvgIpc) is 3.01. The van der Waals surface area contributed by atoms with Crippen LogP contribution in [0.15, 0.2) is 140 Å². The lowest BCUT2D eigenvalue weighted by Crippen LogP contribution is -1.91. The Balaban J connectivity index is 1.33. The van der Waals surface area contributed by atoms with Crippen molar-refractivity contribution in [2.45, 2.75) is 0 Å². The summed E-state index contributed by atoms with van der Waals surface area (Å²) in [5, 5.41) is 2.87. The fourth-order valence-electron chi connectivity index (χ4n) is 5.10. The highest BCUT2D eigenvalue weighted by molar-refractivity contribution is 6.30. The van der Waals surface area contributed by atoms with Crippen molar-refractivity contribution >= 4 is 33.4 Å². The summed E-state index contributed by atoms with van der Waals surface area (Å²) < 4.78 is 0. The molecule has 5 aromatic carbocycles. The quantitative estimate of drug-likeness (QED) is 0.216. The third-order valence-corrected chi connectivity index (χ3v) is 7.34. The van der Waals surface area contributed by atoms with Crippen molar-refractivity contribution in [3.05, 3.63) is 145 Å². The average molecular weight is 519 g/mol. The van der Waals surface area contributed by atoms with Crippen LogP contribution < -0.4 is 0 Å². The standard InChI is InChI=1S/C36H23ClN2/c37-32-14-6-11-29(23-32)28-10-5-13-31(22-28)34-20-18-26-16-15-25-17-19-33(38-35(25)36(26)39-34)30-12-4-9-27(21-30)24-7-2-1-3-8-24/h1-23H. The fourth-order valence-corrected chi connectivity index (χ4v) is 5.29. The normalized spacial score (nSPS) is 11.2. The first-order valence-corrected chi connectivity index (χ1v) is 13.3. The van der Waals surface area contributed by atoms with Crippen LogP contribution in [0.4, 0.5) is 0 Å². The Labute approximate surface area is 232 Å². The lowest BCUT2D eigenvalue weighted by molar-refractivity contribution is 1.36. The summed E-state index contributed by atoms with van der Waals surface area (Å²) in [7, 11) is 0. The van der Waals surface area contributed by atoms with Crippen molar-refractivity contribution in [3.8, 4) is 44.8 Å². The first kappa shape index (κ1) is 23.3. The third kappa shape index (κ3) is 4.56. The highest BCUT2D eigenvalue weighted by Gasteiger charge is 2.10. The van der Waals surface area contributed by atoms with Crippen LogP contribution in [-0.2, 0) is 0 Å². The Morgan fingerprint density at radius 3 is 1.36 bits per heavy atom. The molecule has 39 heavy (non-hydrogen) atoms. The lowest BCUT2D eigenvalue weighted by atomic mass is 10.0. The van der Waals surface area contributed by atoms with Crippen LogP contribution in [0, 0.1) is 0 Å². The molecule has 2 nitrogen and oxygen atoms in total. The molecule has 0 atom stereocenters. The summed E-state index contributed by atoms with van der Waals surface area (Å²) in [5.41, 5.74) is 10.3. The number of halogens is 1. The molecule has 2 aromatic heterocycles. The second kappa shape index (κ2) is 9.83. The molecule has 0 unspecified atom stereocenters. The van der Waals surface area contributed by atoms with Crippen molar-refractivity contribution in [2.75, 3.05) is 0 Å². The number of hydrogen-bond acceptors (Lipinski definition) is 2. The molecule has 7 rings (SSSR count). The zero-order valence-corrected chi connectivity index (χ0v) is 21.8.